The van der Waals surface area contributed by atoms with Gasteiger partial charge in [-0.1, -0.05) is 13.3 Å². The van der Waals surface area contributed by atoms with Gasteiger partial charge in [0.05, 0.1) is 6.61 Å². The van der Waals surface area contributed by atoms with Gasteiger partial charge >= 0.3 is 0 Å². The molecule has 19 heavy (non-hydrogen) atoms. The molecular weight excluding hydrogens is 242 g/mol. The molecule has 0 aromatic carbocycles. The lowest BCUT2D eigenvalue weighted by Crippen LogP contribution is -2.37. The number of carbonyl (C=O) groups excluding carboxylic acids is 1. The van der Waals surface area contributed by atoms with Crippen LogP contribution in [0.5, 0.6) is 0 Å². The highest BCUT2D eigenvalue weighted by Crippen LogP contribution is 2.50. The summed E-state index contributed by atoms with van der Waals surface area (Å²) in [6.45, 7) is 4.75. The minimum absolute atomic E-state index is 0.0536. The molecule has 1 saturated heterocycles. The summed E-state index contributed by atoms with van der Waals surface area (Å²) in [5.74, 6) is 0.793. The van der Waals surface area contributed by atoms with Crippen LogP contribution in [0, 0.1) is 5.41 Å². The second-order valence-corrected chi connectivity index (χ2v) is 5.82. The number of aliphatic hydroxyl groups excluding tert-OH is 1. The molecule has 104 valence electrons. The van der Waals surface area contributed by atoms with E-state index in [1.165, 1.54) is 17.6 Å². The fourth-order valence-corrected chi connectivity index (χ4v) is 3.15. The highest BCUT2D eigenvalue weighted by molar-refractivity contribution is 5.98. The fourth-order valence-electron chi connectivity index (χ4n) is 3.15. The van der Waals surface area contributed by atoms with Crippen LogP contribution < -0.4 is 0 Å². The number of allylic oxidation sites excluding steroid dienone is 1. The number of aliphatic hydroxyl groups is 1. The maximum Gasteiger partial charge on any atom is 0.253 e. The molecule has 1 amide bonds. The third-order valence-electron chi connectivity index (χ3n) is 4.81. The average molecular weight is 263 g/mol. The summed E-state index contributed by atoms with van der Waals surface area (Å²) in [5.41, 5.74) is 2.40. The highest BCUT2D eigenvalue weighted by Gasteiger charge is 2.48. The standard InChI is InChI=1S/C15H21NO3/c1-3-11-8-19-13(16-10(2)14(16)18)7-12(11)15(9-17)5-4-6-15/h7,10,17H,3-6,8-9H2,1-2H3/t10-,16?/m1/s1. The molecule has 0 radical (unpaired) electrons. The number of hydrogen-bond donors (Lipinski definition) is 1. The van der Waals surface area contributed by atoms with Crippen molar-refractivity contribution in [2.75, 3.05) is 13.2 Å². The van der Waals surface area contributed by atoms with E-state index in [4.69, 9.17) is 4.74 Å². The Morgan fingerprint density at radius 2 is 2.21 bits per heavy atom. The molecule has 3 aliphatic rings. The predicted molar refractivity (Wildman–Crippen MR) is 71.0 cm³/mol. The number of nitrogens with zero attached hydrogens (tertiary/aromatic N) is 1. The Balaban J connectivity index is 1.93. The smallest absolute Gasteiger partial charge is 0.253 e. The normalized spacial score (nSPS) is 28.8. The van der Waals surface area contributed by atoms with Crippen molar-refractivity contribution in [3.8, 4) is 0 Å². The summed E-state index contributed by atoms with van der Waals surface area (Å²) in [4.78, 5) is 13.2. The summed E-state index contributed by atoms with van der Waals surface area (Å²) >= 11 is 0. The van der Waals surface area contributed by atoms with Crippen molar-refractivity contribution in [3.63, 3.8) is 0 Å². The van der Waals surface area contributed by atoms with Crippen LogP contribution in [0.4, 0.5) is 0 Å². The van der Waals surface area contributed by atoms with Gasteiger partial charge in [-0.15, -0.1) is 0 Å². The van der Waals surface area contributed by atoms with E-state index in [1.54, 1.807) is 4.90 Å². The van der Waals surface area contributed by atoms with Crippen molar-refractivity contribution in [2.24, 2.45) is 5.41 Å². The first-order chi connectivity index (χ1) is 9.13. The van der Waals surface area contributed by atoms with Gasteiger partial charge in [0.25, 0.3) is 5.91 Å². The lowest BCUT2D eigenvalue weighted by Gasteiger charge is -2.44. The molecule has 0 unspecified atom stereocenters. The minimum Gasteiger partial charge on any atom is -0.474 e. The first kappa shape index (κ1) is 12.7. The molecule has 4 heteroatoms. The van der Waals surface area contributed by atoms with Gasteiger partial charge in [-0.25, -0.2) is 0 Å². The topological polar surface area (TPSA) is 49.5 Å². The monoisotopic (exact) mass is 263 g/mol. The zero-order valence-electron chi connectivity index (χ0n) is 11.6. The van der Waals surface area contributed by atoms with E-state index < -0.39 is 0 Å². The molecule has 2 aliphatic heterocycles. The number of ether oxygens (including phenoxy) is 1. The van der Waals surface area contributed by atoms with Crippen molar-refractivity contribution in [1.82, 2.24) is 4.90 Å². The van der Waals surface area contributed by atoms with Gasteiger partial charge in [0.1, 0.15) is 12.6 Å². The van der Waals surface area contributed by atoms with Gasteiger partial charge in [0, 0.05) is 11.5 Å². The third kappa shape index (κ3) is 1.81. The SMILES string of the molecule is CCC1=C(C2(CO)CCC2)C=C(N2C(=O)[C@H]2C)OC1. The van der Waals surface area contributed by atoms with Crippen LogP contribution >= 0.6 is 0 Å². The van der Waals surface area contributed by atoms with E-state index in [0.29, 0.717) is 12.5 Å². The number of carbonyl (C=O) groups is 1. The third-order valence-corrected chi connectivity index (χ3v) is 4.81. The Morgan fingerprint density at radius 3 is 2.63 bits per heavy atom. The molecule has 1 atom stereocenters. The zero-order chi connectivity index (χ0) is 13.6. The van der Waals surface area contributed by atoms with Gasteiger partial charge in [0.2, 0.25) is 0 Å². The summed E-state index contributed by atoms with van der Waals surface area (Å²) in [7, 11) is 0. The van der Waals surface area contributed by atoms with Crippen molar-refractivity contribution >= 4 is 5.91 Å². The van der Waals surface area contributed by atoms with Crippen LogP contribution in [0.2, 0.25) is 0 Å². The van der Waals surface area contributed by atoms with Crippen molar-refractivity contribution < 1.29 is 14.6 Å². The molecule has 0 aromatic rings. The second kappa shape index (κ2) is 4.37. The first-order valence-corrected chi connectivity index (χ1v) is 7.14. The first-order valence-electron chi connectivity index (χ1n) is 7.14. The highest BCUT2D eigenvalue weighted by atomic mass is 16.5. The van der Waals surface area contributed by atoms with E-state index in [2.05, 4.69) is 6.92 Å². The van der Waals surface area contributed by atoms with Crippen LogP contribution in [-0.4, -0.2) is 35.2 Å². The number of hydrogen-bond acceptors (Lipinski definition) is 3. The molecule has 4 nitrogen and oxygen atoms in total. The van der Waals surface area contributed by atoms with Crippen LogP contribution in [0.1, 0.15) is 39.5 Å². The Labute approximate surface area is 113 Å². The van der Waals surface area contributed by atoms with E-state index in [-0.39, 0.29) is 24.0 Å². The Bertz CT molecular complexity index is 468. The number of rotatable bonds is 4. The van der Waals surface area contributed by atoms with E-state index in [9.17, 15) is 9.90 Å². The largest absolute Gasteiger partial charge is 0.474 e. The summed E-state index contributed by atoms with van der Waals surface area (Å²) in [6, 6.07) is -0.0536. The van der Waals surface area contributed by atoms with Crippen LogP contribution in [-0.2, 0) is 9.53 Å². The summed E-state index contributed by atoms with van der Waals surface area (Å²) < 4.78 is 5.71. The molecule has 1 aliphatic carbocycles. The van der Waals surface area contributed by atoms with Gasteiger partial charge in [-0.2, -0.15) is 0 Å². The lowest BCUT2D eigenvalue weighted by atomic mass is 9.63. The number of amides is 1. The lowest BCUT2D eigenvalue weighted by molar-refractivity contribution is -0.114. The zero-order valence-corrected chi connectivity index (χ0v) is 11.6. The molecular formula is C15H21NO3. The van der Waals surface area contributed by atoms with Gasteiger partial charge in [-0.3, -0.25) is 9.69 Å². The van der Waals surface area contributed by atoms with Gasteiger partial charge in [-0.05, 0) is 37.3 Å². The molecule has 0 bridgehead atoms. The maximum absolute atomic E-state index is 11.5. The van der Waals surface area contributed by atoms with E-state index >= 15 is 0 Å². The molecule has 1 saturated carbocycles. The van der Waals surface area contributed by atoms with Crippen molar-refractivity contribution in [3.05, 3.63) is 23.1 Å². The van der Waals surface area contributed by atoms with Gasteiger partial charge < -0.3 is 9.84 Å². The second-order valence-electron chi connectivity index (χ2n) is 5.82. The molecule has 3 rings (SSSR count). The Hall–Kier alpha value is -1.29. The van der Waals surface area contributed by atoms with Crippen LogP contribution in [0.3, 0.4) is 0 Å². The molecule has 0 aromatic heterocycles. The predicted octanol–water partition coefficient (Wildman–Crippen LogP) is 1.96. The van der Waals surface area contributed by atoms with Crippen LogP contribution in [0.25, 0.3) is 0 Å². The fraction of sp³-hybridized carbons (Fsp3) is 0.667. The average Bonchev–Trinajstić information content (AvgIpc) is 2.96. The van der Waals surface area contributed by atoms with Crippen LogP contribution in [0.15, 0.2) is 23.1 Å². The minimum atomic E-state index is -0.0807. The summed E-state index contributed by atoms with van der Waals surface area (Å²) in [5, 5.41) is 9.76. The Morgan fingerprint density at radius 1 is 1.53 bits per heavy atom. The quantitative estimate of drug-likeness (QED) is 0.789. The molecule has 2 fully saturated rings. The van der Waals surface area contributed by atoms with Crippen molar-refractivity contribution in [1.29, 1.82) is 0 Å². The molecule has 1 N–H and O–H groups in total. The Kier molecular flexibility index (Phi) is 2.93. The molecule has 2 heterocycles. The molecule has 0 spiro atoms. The van der Waals surface area contributed by atoms with E-state index in [0.717, 1.165) is 19.3 Å². The van der Waals surface area contributed by atoms with Crippen molar-refractivity contribution in [2.45, 2.75) is 45.6 Å². The summed E-state index contributed by atoms with van der Waals surface area (Å²) in [6.07, 6.45) is 6.18. The van der Waals surface area contributed by atoms with Gasteiger partial charge in [0.15, 0.2) is 5.88 Å². The van der Waals surface area contributed by atoms with E-state index in [1.807, 2.05) is 13.0 Å². The maximum atomic E-state index is 11.5.